The number of amidine groups is 1. The maximum Gasteiger partial charge on any atom is 0.258 e. The first kappa shape index (κ1) is 14.7. The van der Waals surface area contributed by atoms with Crippen LogP contribution in [0.1, 0.15) is 33.0 Å². The van der Waals surface area contributed by atoms with Gasteiger partial charge in [0.05, 0.1) is 11.7 Å². The van der Waals surface area contributed by atoms with Crippen molar-refractivity contribution in [1.82, 2.24) is 14.7 Å². The van der Waals surface area contributed by atoms with Crippen LogP contribution in [0.2, 0.25) is 0 Å². The molecule has 0 aliphatic heterocycles. The zero-order chi connectivity index (χ0) is 14.0. The van der Waals surface area contributed by atoms with Crippen LogP contribution in [0.5, 0.6) is 0 Å². The van der Waals surface area contributed by atoms with Gasteiger partial charge in [0.1, 0.15) is 11.7 Å². The number of nitrogens with two attached hydrogens (primary N) is 1. The Labute approximate surface area is 107 Å². The van der Waals surface area contributed by atoms with Crippen LogP contribution in [-0.2, 0) is 16.4 Å². The summed E-state index contributed by atoms with van der Waals surface area (Å²) in [5, 5.41) is 7.44. The molecule has 1 aromatic heterocycles. The van der Waals surface area contributed by atoms with Crippen molar-refractivity contribution in [1.29, 1.82) is 5.41 Å². The summed E-state index contributed by atoms with van der Waals surface area (Å²) in [6, 6.07) is 0. The zero-order valence-electron chi connectivity index (χ0n) is 10.7. The smallest absolute Gasteiger partial charge is 0.258 e. The highest BCUT2D eigenvalue weighted by molar-refractivity contribution is 7.89. The largest absolute Gasteiger partial charge is 0.386 e. The van der Waals surface area contributed by atoms with Crippen LogP contribution in [0.25, 0.3) is 0 Å². The van der Waals surface area contributed by atoms with Gasteiger partial charge >= 0.3 is 0 Å². The lowest BCUT2D eigenvalue weighted by Gasteiger charge is -2.27. The molecule has 0 bridgehead atoms. The molecule has 0 spiro atoms. The van der Waals surface area contributed by atoms with E-state index in [1.165, 1.54) is 6.20 Å². The maximum absolute atomic E-state index is 12.1. The molecule has 1 aromatic rings. The molecule has 1 atom stereocenters. The van der Waals surface area contributed by atoms with E-state index in [2.05, 4.69) is 14.7 Å². The molecule has 7 nitrogen and oxygen atoms in total. The molecule has 0 saturated carbocycles. The van der Waals surface area contributed by atoms with Gasteiger partial charge in [0.25, 0.3) is 10.0 Å². The molecule has 0 saturated heterocycles. The molecular formula is C10H19N5O2S. The van der Waals surface area contributed by atoms with Crippen LogP contribution in [0.4, 0.5) is 0 Å². The topological polar surface area (TPSA) is 125 Å². The molecule has 0 aliphatic carbocycles. The number of imidazole rings is 1. The number of rotatable bonds is 6. The molecule has 18 heavy (non-hydrogen) atoms. The summed E-state index contributed by atoms with van der Waals surface area (Å²) in [6.45, 7) is 5.20. The molecular weight excluding hydrogens is 254 g/mol. The fraction of sp³-hybridized carbons (Fsp3) is 0.600. The monoisotopic (exact) mass is 273 g/mol. The first-order valence-corrected chi connectivity index (χ1v) is 7.16. The minimum Gasteiger partial charge on any atom is -0.386 e. The Bertz CT molecular complexity index is 536. The SMILES string of the molecule is CCc1ncc(S(=O)(=O)NC(C)(CC)C(=N)N)[nH]1. The summed E-state index contributed by atoms with van der Waals surface area (Å²) in [7, 11) is -3.75. The highest BCUT2D eigenvalue weighted by Gasteiger charge is 2.32. The summed E-state index contributed by atoms with van der Waals surface area (Å²) >= 11 is 0. The Hall–Kier alpha value is -1.41. The number of nitrogens with zero attached hydrogens (tertiary/aromatic N) is 1. The van der Waals surface area contributed by atoms with Crippen LogP contribution in [0.3, 0.4) is 0 Å². The van der Waals surface area contributed by atoms with Gasteiger partial charge in [-0.25, -0.2) is 13.4 Å². The summed E-state index contributed by atoms with van der Waals surface area (Å²) in [5.74, 6) is 0.375. The van der Waals surface area contributed by atoms with Gasteiger partial charge in [0.2, 0.25) is 0 Å². The predicted octanol–water partition coefficient (Wildman–Crippen LogP) is 0.355. The Morgan fingerprint density at radius 1 is 1.61 bits per heavy atom. The van der Waals surface area contributed by atoms with Crippen LogP contribution in [-0.4, -0.2) is 29.8 Å². The van der Waals surface area contributed by atoms with Crippen molar-refractivity contribution in [2.45, 2.75) is 44.2 Å². The number of sulfonamides is 1. The second kappa shape index (κ2) is 5.07. The van der Waals surface area contributed by atoms with Gasteiger partial charge in [-0.05, 0) is 13.3 Å². The highest BCUT2D eigenvalue weighted by Crippen LogP contribution is 2.14. The fourth-order valence-electron chi connectivity index (χ4n) is 1.33. The molecule has 0 aromatic carbocycles. The molecule has 0 aliphatic rings. The quantitative estimate of drug-likeness (QED) is 0.441. The first-order valence-electron chi connectivity index (χ1n) is 5.67. The third-order valence-corrected chi connectivity index (χ3v) is 4.40. The second-order valence-corrected chi connectivity index (χ2v) is 5.90. The molecule has 0 radical (unpaired) electrons. The van der Waals surface area contributed by atoms with Crippen LogP contribution in [0, 0.1) is 5.41 Å². The lowest BCUT2D eigenvalue weighted by atomic mass is 10.00. The number of aromatic nitrogens is 2. The van der Waals surface area contributed by atoms with E-state index in [0.717, 1.165) is 0 Å². The average molecular weight is 273 g/mol. The van der Waals surface area contributed by atoms with Gasteiger partial charge in [-0.1, -0.05) is 13.8 Å². The molecule has 102 valence electrons. The van der Waals surface area contributed by atoms with Crippen molar-refractivity contribution in [3.05, 3.63) is 12.0 Å². The van der Waals surface area contributed by atoms with Crippen molar-refractivity contribution in [2.24, 2.45) is 5.73 Å². The number of aryl methyl sites for hydroxylation is 1. The van der Waals surface area contributed by atoms with E-state index in [4.69, 9.17) is 11.1 Å². The maximum atomic E-state index is 12.1. The van der Waals surface area contributed by atoms with Crippen molar-refractivity contribution in [3.8, 4) is 0 Å². The predicted molar refractivity (Wildman–Crippen MR) is 68.9 cm³/mol. The van der Waals surface area contributed by atoms with Gasteiger partial charge in [-0.2, -0.15) is 4.72 Å². The Morgan fingerprint density at radius 2 is 2.22 bits per heavy atom. The fourth-order valence-corrected chi connectivity index (χ4v) is 2.73. The number of H-pyrrole nitrogens is 1. The zero-order valence-corrected chi connectivity index (χ0v) is 11.6. The average Bonchev–Trinajstić information content (AvgIpc) is 2.77. The Balaban J connectivity index is 3.05. The van der Waals surface area contributed by atoms with E-state index in [1.54, 1.807) is 13.8 Å². The standard InChI is InChI=1S/C10H19N5O2S/c1-4-7-13-6-8(14-7)18(16,17)15-10(3,5-2)9(11)12/h6,15H,4-5H2,1-3H3,(H3,11,12)(H,13,14). The number of nitrogens with one attached hydrogen (secondary N) is 3. The highest BCUT2D eigenvalue weighted by atomic mass is 32.2. The van der Waals surface area contributed by atoms with Gasteiger partial charge in [-0.3, -0.25) is 5.41 Å². The molecule has 1 rings (SSSR count). The molecule has 1 unspecified atom stereocenters. The molecule has 5 N–H and O–H groups in total. The molecule has 8 heteroatoms. The minimum absolute atomic E-state index is 0.0136. The third-order valence-electron chi connectivity index (χ3n) is 2.89. The number of aromatic amines is 1. The van der Waals surface area contributed by atoms with Crippen molar-refractivity contribution >= 4 is 15.9 Å². The molecule has 0 fully saturated rings. The van der Waals surface area contributed by atoms with Crippen molar-refractivity contribution in [3.63, 3.8) is 0 Å². The van der Waals surface area contributed by atoms with E-state index in [-0.39, 0.29) is 10.9 Å². The van der Waals surface area contributed by atoms with E-state index in [1.807, 2.05) is 6.92 Å². The Morgan fingerprint density at radius 3 is 2.61 bits per heavy atom. The van der Waals surface area contributed by atoms with Crippen LogP contribution < -0.4 is 10.5 Å². The summed E-state index contributed by atoms with van der Waals surface area (Å²) in [6.07, 6.45) is 2.26. The Kier molecular flexibility index (Phi) is 4.12. The third kappa shape index (κ3) is 2.88. The van der Waals surface area contributed by atoms with Crippen LogP contribution >= 0.6 is 0 Å². The number of hydrogen-bond donors (Lipinski definition) is 4. The van der Waals surface area contributed by atoms with Gasteiger partial charge in [-0.15, -0.1) is 0 Å². The van der Waals surface area contributed by atoms with Crippen molar-refractivity contribution in [2.75, 3.05) is 0 Å². The van der Waals surface area contributed by atoms with Gasteiger partial charge < -0.3 is 10.7 Å². The van der Waals surface area contributed by atoms with E-state index >= 15 is 0 Å². The molecule has 1 heterocycles. The minimum atomic E-state index is -3.75. The van der Waals surface area contributed by atoms with E-state index in [0.29, 0.717) is 18.7 Å². The summed E-state index contributed by atoms with van der Waals surface area (Å²) in [5.41, 5.74) is 4.34. The summed E-state index contributed by atoms with van der Waals surface area (Å²) in [4.78, 5) is 6.66. The number of hydrogen-bond acceptors (Lipinski definition) is 4. The summed E-state index contributed by atoms with van der Waals surface area (Å²) < 4.78 is 26.6. The van der Waals surface area contributed by atoms with Gasteiger partial charge in [0.15, 0.2) is 5.03 Å². The van der Waals surface area contributed by atoms with Gasteiger partial charge in [0, 0.05) is 6.42 Å². The second-order valence-electron chi connectivity index (χ2n) is 4.25. The normalized spacial score (nSPS) is 15.3. The van der Waals surface area contributed by atoms with E-state index in [9.17, 15) is 8.42 Å². The lowest BCUT2D eigenvalue weighted by molar-refractivity contribution is 0.503. The van der Waals surface area contributed by atoms with Crippen molar-refractivity contribution < 1.29 is 8.42 Å². The lowest BCUT2D eigenvalue weighted by Crippen LogP contribution is -2.54. The molecule has 0 amide bonds. The van der Waals surface area contributed by atoms with Crippen LogP contribution in [0.15, 0.2) is 11.2 Å². The first-order chi connectivity index (χ1) is 8.25. The van der Waals surface area contributed by atoms with E-state index < -0.39 is 15.6 Å².